The third-order valence-corrected chi connectivity index (χ3v) is 2.28. The fraction of sp³-hybridized carbons (Fsp3) is 0.364. The van der Waals surface area contributed by atoms with E-state index in [4.69, 9.17) is 0 Å². The first kappa shape index (κ1) is 10.6. The zero-order valence-electron chi connectivity index (χ0n) is 9.30. The normalized spacial score (nSPS) is 10.3. The Bertz CT molecular complexity index is 423. The molecule has 16 heavy (non-hydrogen) atoms. The number of unbranched alkanes of at least 4 members (excludes halogenated alkanes) is 1. The molecule has 2 aromatic heterocycles. The summed E-state index contributed by atoms with van der Waals surface area (Å²) >= 11 is 0. The minimum absolute atomic E-state index is 0.836. The minimum atomic E-state index is 0.836. The molecule has 0 bridgehead atoms. The van der Waals surface area contributed by atoms with Gasteiger partial charge in [-0.3, -0.25) is 0 Å². The van der Waals surface area contributed by atoms with Crippen molar-refractivity contribution >= 4 is 11.6 Å². The van der Waals surface area contributed by atoms with E-state index in [-0.39, 0.29) is 0 Å². The maximum Gasteiger partial charge on any atom is 0.207 e. The summed E-state index contributed by atoms with van der Waals surface area (Å²) in [4.78, 5) is 12.2. The third kappa shape index (κ3) is 2.56. The smallest absolute Gasteiger partial charge is 0.207 e. The first-order chi connectivity index (χ1) is 7.90. The van der Waals surface area contributed by atoms with E-state index in [0.717, 1.165) is 24.6 Å². The number of anilines is 2. The van der Waals surface area contributed by atoms with Gasteiger partial charge in [-0.15, -0.1) is 0 Å². The number of rotatable bonds is 5. The molecule has 0 aliphatic carbocycles. The third-order valence-electron chi connectivity index (χ3n) is 2.28. The van der Waals surface area contributed by atoms with E-state index < -0.39 is 0 Å². The van der Waals surface area contributed by atoms with Crippen molar-refractivity contribution in [3.8, 4) is 0 Å². The molecule has 0 atom stereocenters. The number of imidazole rings is 1. The van der Waals surface area contributed by atoms with Gasteiger partial charge in [0.1, 0.15) is 6.33 Å². The van der Waals surface area contributed by atoms with Crippen LogP contribution in [-0.2, 0) is 6.54 Å². The largest absolute Gasteiger partial charge is 0.323 e. The van der Waals surface area contributed by atoms with E-state index in [1.807, 2.05) is 6.20 Å². The zero-order chi connectivity index (χ0) is 11.2. The SMILES string of the molecule is CCCCn1ccnc1Nc1cncnc1. The highest BCUT2D eigenvalue weighted by atomic mass is 15.2. The van der Waals surface area contributed by atoms with Gasteiger partial charge in [0, 0.05) is 18.9 Å². The maximum atomic E-state index is 4.26. The van der Waals surface area contributed by atoms with Gasteiger partial charge in [0.25, 0.3) is 0 Å². The second-order valence-electron chi connectivity index (χ2n) is 3.55. The van der Waals surface area contributed by atoms with Crippen LogP contribution in [0.25, 0.3) is 0 Å². The molecule has 84 valence electrons. The van der Waals surface area contributed by atoms with Gasteiger partial charge >= 0.3 is 0 Å². The number of aromatic nitrogens is 4. The van der Waals surface area contributed by atoms with Gasteiger partial charge in [-0.05, 0) is 6.42 Å². The van der Waals surface area contributed by atoms with Crippen molar-refractivity contribution in [2.75, 3.05) is 5.32 Å². The predicted molar refractivity (Wildman–Crippen MR) is 62.4 cm³/mol. The fourth-order valence-corrected chi connectivity index (χ4v) is 1.43. The van der Waals surface area contributed by atoms with Crippen LogP contribution in [0.15, 0.2) is 31.1 Å². The summed E-state index contributed by atoms with van der Waals surface area (Å²) in [7, 11) is 0. The lowest BCUT2D eigenvalue weighted by Crippen LogP contribution is -2.03. The lowest BCUT2D eigenvalue weighted by molar-refractivity contribution is 0.638. The summed E-state index contributed by atoms with van der Waals surface area (Å²) in [5.41, 5.74) is 0.853. The Morgan fingerprint density at radius 2 is 2.12 bits per heavy atom. The monoisotopic (exact) mass is 217 g/mol. The summed E-state index contributed by atoms with van der Waals surface area (Å²) in [5, 5.41) is 3.19. The Labute approximate surface area is 94.6 Å². The van der Waals surface area contributed by atoms with Crippen LogP contribution in [0.1, 0.15) is 19.8 Å². The van der Waals surface area contributed by atoms with Crippen molar-refractivity contribution in [2.45, 2.75) is 26.3 Å². The standard InChI is InChI=1S/C11H15N5/c1-2-3-5-16-6-4-14-11(16)15-10-7-12-9-13-8-10/h4,6-9H,2-3,5H2,1H3,(H,14,15). The molecule has 0 aliphatic rings. The first-order valence-corrected chi connectivity index (χ1v) is 5.43. The molecule has 0 saturated carbocycles. The average molecular weight is 217 g/mol. The van der Waals surface area contributed by atoms with Crippen molar-refractivity contribution in [1.82, 2.24) is 19.5 Å². The summed E-state index contributed by atoms with van der Waals surface area (Å²) in [6.07, 6.45) is 11.1. The topological polar surface area (TPSA) is 55.6 Å². The number of hydrogen-bond acceptors (Lipinski definition) is 4. The van der Waals surface area contributed by atoms with E-state index in [1.165, 1.54) is 12.7 Å². The van der Waals surface area contributed by atoms with E-state index in [2.05, 4.69) is 31.8 Å². The number of hydrogen-bond donors (Lipinski definition) is 1. The maximum absolute atomic E-state index is 4.26. The van der Waals surface area contributed by atoms with Crippen LogP contribution in [0.3, 0.4) is 0 Å². The molecule has 0 spiro atoms. The van der Waals surface area contributed by atoms with Crippen LogP contribution in [-0.4, -0.2) is 19.5 Å². The summed E-state index contributed by atoms with van der Waals surface area (Å²) in [6, 6.07) is 0. The van der Waals surface area contributed by atoms with E-state index in [9.17, 15) is 0 Å². The molecule has 5 heteroatoms. The Kier molecular flexibility index (Phi) is 3.48. The highest BCUT2D eigenvalue weighted by Crippen LogP contribution is 2.12. The lowest BCUT2D eigenvalue weighted by Gasteiger charge is -2.08. The molecule has 0 aromatic carbocycles. The molecule has 1 N–H and O–H groups in total. The van der Waals surface area contributed by atoms with Crippen LogP contribution in [0.5, 0.6) is 0 Å². The van der Waals surface area contributed by atoms with Gasteiger partial charge in [-0.25, -0.2) is 15.0 Å². The van der Waals surface area contributed by atoms with Gasteiger partial charge in [-0.2, -0.15) is 0 Å². The quantitative estimate of drug-likeness (QED) is 0.834. The number of nitrogens with one attached hydrogen (secondary N) is 1. The summed E-state index contributed by atoms with van der Waals surface area (Å²) in [6.45, 7) is 3.15. The lowest BCUT2D eigenvalue weighted by atomic mass is 10.3. The first-order valence-electron chi connectivity index (χ1n) is 5.43. The van der Waals surface area contributed by atoms with Gasteiger partial charge in [-0.1, -0.05) is 13.3 Å². The molecular weight excluding hydrogens is 202 g/mol. The van der Waals surface area contributed by atoms with E-state index >= 15 is 0 Å². The van der Waals surface area contributed by atoms with Crippen molar-refractivity contribution in [1.29, 1.82) is 0 Å². The molecule has 0 amide bonds. The van der Waals surface area contributed by atoms with E-state index in [0.29, 0.717) is 0 Å². The molecule has 2 heterocycles. The Morgan fingerprint density at radius 3 is 2.88 bits per heavy atom. The summed E-state index contributed by atoms with van der Waals surface area (Å²) < 4.78 is 2.09. The molecule has 2 aromatic rings. The predicted octanol–water partition coefficient (Wildman–Crippen LogP) is 2.22. The molecule has 0 unspecified atom stereocenters. The van der Waals surface area contributed by atoms with Crippen molar-refractivity contribution in [3.63, 3.8) is 0 Å². The van der Waals surface area contributed by atoms with Crippen LogP contribution in [0, 0.1) is 0 Å². The zero-order valence-corrected chi connectivity index (χ0v) is 9.30. The van der Waals surface area contributed by atoms with Gasteiger partial charge < -0.3 is 9.88 Å². The van der Waals surface area contributed by atoms with Gasteiger partial charge in [0.05, 0.1) is 18.1 Å². The summed E-state index contributed by atoms with van der Waals surface area (Å²) in [5.74, 6) is 0.836. The highest BCUT2D eigenvalue weighted by molar-refractivity contribution is 5.50. The Hall–Kier alpha value is -1.91. The molecule has 0 aliphatic heterocycles. The molecule has 0 saturated heterocycles. The second kappa shape index (κ2) is 5.25. The Morgan fingerprint density at radius 1 is 1.31 bits per heavy atom. The molecule has 2 rings (SSSR count). The Balaban J connectivity index is 2.07. The molecule has 5 nitrogen and oxygen atoms in total. The highest BCUT2D eigenvalue weighted by Gasteiger charge is 2.02. The van der Waals surface area contributed by atoms with Gasteiger partial charge in [0.2, 0.25) is 5.95 Å². The molecule has 0 radical (unpaired) electrons. The van der Waals surface area contributed by atoms with Crippen LogP contribution in [0.2, 0.25) is 0 Å². The number of aryl methyl sites for hydroxylation is 1. The van der Waals surface area contributed by atoms with Gasteiger partial charge in [0.15, 0.2) is 0 Å². The minimum Gasteiger partial charge on any atom is -0.323 e. The second-order valence-corrected chi connectivity index (χ2v) is 3.55. The van der Waals surface area contributed by atoms with Crippen LogP contribution in [0.4, 0.5) is 11.6 Å². The molecular formula is C11H15N5. The average Bonchev–Trinajstić information content (AvgIpc) is 2.75. The van der Waals surface area contributed by atoms with Crippen molar-refractivity contribution in [2.24, 2.45) is 0 Å². The van der Waals surface area contributed by atoms with Crippen molar-refractivity contribution in [3.05, 3.63) is 31.1 Å². The van der Waals surface area contributed by atoms with Crippen LogP contribution >= 0.6 is 0 Å². The number of nitrogens with zero attached hydrogens (tertiary/aromatic N) is 4. The van der Waals surface area contributed by atoms with Crippen molar-refractivity contribution < 1.29 is 0 Å². The fourth-order valence-electron chi connectivity index (χ4n) is 1.43. The van der Waals surface area contributed by atoms with E-state index in [1.54, 1.807) is 18.6 Å². The van der Waals surface area contributed by atoms with Crippen LogP contribution < -0.4 is 5.32 Å². The molecule has 0 fully saturated rings.